The van der Waals surface area contributed by atoms with Gasteiger partial charge in [0.2, 0.25) is 17.8 Å². The minimum atomic E-state index is -0.327. The maximum atomic E-state index is 13.7. The van der Waals surface area contributed by atoms with E-state index < -0.39 is 0 Å². The molecule has 9 heteroatoms. The summed E-state index contributed by atoms with van der Waals surface area (Å²) in [6, 6.07) is 12.1. The molecule has 0 spiro atoms. The smallest absolute Gasteiger partial charge is 0.242 e. The number of imidazole rings is 1. The van der Waals surface area contributed by atoms with Gasteiger partial charge in [-0.2, -0.15) is 15.0 Å². The molecule has 1 saturated carbocycles. The third-order valence-electron chi connectivity index (χ3n) is 4.53. The topological polar surface area (TPSA) is 94.5 Å². The van der Waals surface area contributed by atoms with E-state index in [1.807, 2.05) is 28.8 Å². The predicted molar refractivity (Wildman–Crippen MR) is 108 cm³/mol. The minimum absolute atomic E-state index is 0.0929. The molecule has 140 valence electrons. The lowest BCUT2D eigenvalue weighted by atomic mass is 10.3. The molecular formula is C19H15BrFN7. The summed E-state index contributed by atoms with van der Waals surface area (Å²) in [6.07, 6.45) is 2.08. The number of nitrogens with two attached hydrogens (primary N) is 1. The maximum absolute atomic E-state index is 13.7. The van der Waals surface area contributed by atoms with Crippen molar-refractivity contribution in [2.45, 2.75) is 18.8 Å². The van der Waals surface area contributed by atoms with Crippen LogP contribution in [0.1, 0.15) is 24.6 Å². The Morgan fingerprint density at radius 2 is 1.82 bits per heavy atom. The van der Waals surface area contributed by atoms with E-state index in [0.717, 1.165) is 34.3 Å². The molecule has 1 fully saturated rings. The van der Waals surface area contributed by atoms with E-state index >= 15 is 0 Å². The summed E-state index contributed by atoms with van der Waals surface area (Å²) >= 11 is 3.41. The number of hydrogen-bond acceptors (Lipinski definition) is 6. The molecule has 0 saturated heterocycles. The van der Waals surface area contributed by atoms with E-state index in [4.69, 9.17) is 5.73 Å². The number of benzene rings is 2. The van der Waals surface area contributed by atoms with Gasteiger partial charge in [0.1, 0.15) is 11.6 Å². The van der Waals surface area contributed by atoms with Crippen molar-refractivity contribution < 1.29 is 4.39 Å². The molecule has 28 heavy (non-hydrogen) atoms. The van der Waals surface area contributed by atoms with Crippen molar-refractivity contribution in [2.24, 2.45) is 0 Å². The van der Waals surface area contributed by atoms with E-state index in [-0.39, 0.29) is 11.8 Å². The van der Waals surface area contributed by atoms with Gasteiger partial charge < -0.3 is 11.1 Å². The van der Waals surface area contributed by atoms with Gasteiger partial charge in [-0.15, -0.1) is 0 Å². The van der Waals surface area contributed by atoms with Gasteiger partial charge in [0.05, 0.1) is 11.0 Å². The molecule has 3 N–H and O–H groups in total. The third-order valence-corrected chi connectivity index (χ3v) is 5.05. The number of fused-ring (bicyclic) bond motifs is 1. The van der Waals surface area contributed by atoms with Crippen LogP contribution in [0, 0.1) is 5.82 Å². The molecule has 0 aliphatic heterocycles. The number of halogens is 2. The average Bonchev–Trinajstić information content (AvgIpc) is 3.44. The number of nitrogens with zero attached hydrogens (tertiary/aromatic N) is 5. The number of anilines is 3. The first-order valence-corrected chi connectivity index (χ1v) is 9.58. The summed E-state index contributed by atoms with van der Waals surface area (Å²) in [5.74, 6) is 1.60. The lowest BCUT2D eigenvalue weighted by Gasteiger charge is -2.10. The first-order chi connectivity index (χ1) is 13.6. The van der Waals surface area contributed by atoms with Crippen molar-refractivity contribution in [1.82, 2.24) is 24.5 Å². The summed E-state index contributed by atoms with van der Waals surface area (Å²) < 4.78 is 16.5. The first-order valence-electron chi connectivity index (χ1n) is 8.79. The van der Waals surface area contributed by atoms with Crippen LogP contribution in [0.25, 0.3) is 17.0 Å². The predicted octanol–water partition coefficient (Wildman–Crippen LogP) is 4.32. The van der Waals surface area contributed by atoms with Crippen LogP contribution in [0.2, 0.25) is 0 Å². The molecule has 0 amide bonds. The Labute approximate surface area is 168 Å². The standard InChI is InChI=1S/C19H15BrFN7/c20-11-3-6-13(7-4-11)23-18-25-17(22)26-19(27-18)28-15-8-5-12(21)9-14(15)24-16(28)10-1-2-10/h3-10H,1-2H2,(H3,22,23,25,26,27). The Hall–Kier alpha value is -3.07. The van der Waals surface area contributed by atoms with E-state index in [2.05, 4.69) is 41.2 Å². The Balaban J connectivity index is 1.62. The number of nitrogens with one attached hydrogen (secondary N) is 1. The van der Waals surface area contributed by atoms with Crippen LogP contribution in [-0.4, -0.2) is 24.5 Å². The zero-order chi connectivity index (χ0) is 19.3. The Kier molecular flexibility index (Phi) is 3.97. The van der Waals surface area contributed by atoms with Crippen molar-refractivity contribution >= 4 is 44.5 Å². The van der Waals surface area contributed by atoms with Gasteiger partial charge >= 0.3 is 0 Å². The zero-order valence-corrected chi connectivity index (χ0v) is 16.2. The SMILES string of the molecule is Nc1nc(Nc2ccc(Br)cc2)nc(-n2c(C3CC3)nc3cc(F)ccc32)n1. The number of rotatable bonds is 4. The highest BCUT2D eigenvalue weighted by Crippen LogP contribution is 2.41. The molecule has 1 aliphatic rings. The molecule has 2 aromatic heterocycles. The van der Waals surface area contributed by atoms with Crippen LogP contribution in [0.5, 0.6) is 0 Å². The van der Waals surface area contributed by atoms with Crippen LogP contribution in [0.3, 0.4) is 0 Å². The van der Waals surface area contributed by atoms with E-state index in [1.54, 1.807) is 6.07 Å². The van der Waals surface area contributed by atoms with Crippen molar-refractivity contribution in [3.05, 3.63) is 58.6 Å². The second-order valence-electron chi connectivity index (χ2n) is 6.66. The third kappa shape index (κ3) is 3.18. The van der Waals surface area contributed by atoms with Gasteiger partial charge in [0, 0.05) is 22.1 Å². The van der Waals surface area contributed by atoms with Crippen molar-refractivity contribution in [3.8, 4) is 5.95 Å². The van der Waals surface area contributed by atoms with E-state index in [0.29, 0.717) is 23.3 Å². The minimum Gasteiger partial charge on any atom is -0.368 e. The Morgan fingerprint density at radius 3 is 2.57 bits per heavy atom. The highest BCUT2D eigenvalue weighted by Gasteiger charge is 2.31. The largest absolute Gasteiger partial charge is 0.368 e. The first kappa shape index (κ1) is 17.1. The maximum Gasteiger partial charge on any atom is 0.242 e. The molecule has 0 bridgehead atoms. The van der Waals surface area contributed by atoms with E-state index in [9.17, 15) is 4.39 Å². The summed E-state index contributed by atoms with van der Waals surface area (Å²) in [4.78, 5) is 17.7. The Bertz CT molecular complexity index is 1190. The van der Waals surface area contributed by atoms with Crippen molar-refractivity contribution in [2.75, 3.05) is 11.1 Å². The molecule has 5 rings (SSSR count). The fourth-order valence-corrected chi connectivity index (χ4v) is 3.36. The lowest BCUT2D eigenvalue weighted by Crippen LogP contribution is -2.11. The number of hydrogen-bond donors (Lipinski definition) is 2. The summed E-state index contributed by atoms with van der Waals surface area (Å²) in [7, 11) is 0. The van der Waals surface area contributed by atoms with Gasteiger partial charge in [-0.3, -0.25) is 4.57 Å². The van der Waals surface area contributed by atoms with Gasteiger partial charge in [-0.1, -0.05) is 15.9 Å². The monoisotopic (exact) mass is 439 g/mol. The lowest BCUT2D eigenvalue weighted by molar-refractivity contribution is 0.629. The van der Waals surface area contributed by atoms with Crippen molar-refractivity contribution in [3.63, 3.8) is 0 Å². The van der Waals surface area contributed by atoms with Gasteiger partial charge in [0.15, 0.2) is 0 Å². The van der Waals surface area contributed by atoms with Crippen LogP contribution in [-0.2, 0) is 0 Å². The average molecular weight is 440 g/mol. The molecule has 2 heterocycles. The molecule has 0 radical (unpaired) electrons. The second-order valence-corrected chi connectivity index (χ2v) is 7.58. The number of aromatic nitrogens is 5. The Morgan fingerprint density at radius 1 is 1.04 bits per heavy atom. The summed E-state index contributed by atoms with van der Waals surface area (Å²) in [5.41, 5.74) is 8.08. The molecule has 4 aromatic rings. The quantitative estimate of drug-likeness (QED) is 0.491. The highest BCUT2D eigenvalue weighted by molar-refractivity contribution is 9.10. The number of nitrogen functional groups attached to an aromatic ring is 1. The second kappa shape index (κ2) is 6.52. The molecule has 1 aliphatic carbocycles. The van der Waals surface area contributed by atoms with E-state index in [1.165, 1.54) is 12.1 Å². The van der Waals surface area contributed by atoms with Gasteiger partial charge in [-0.05, 0) is 49.2 Å². The molecular weight excluding hydrogens is 425 g/mol. The van der Waals surface area contributed by atoms with Crippen LogP contribution >= 0.6 is 15.9 Å². The van der Waals surface area contributed by atoms with Crippen LogP contribution in [0.4, 0.5) is 22.0 Å². The fraction of sp³-hybridized carbons (Fsp3) is 0.158. The molecule has 0 atom stereocenters. The molecule has 0 unspecified atom stereocenters. The summed E-state index contributed by atoms with van der Waals surface area (Å²) in [6.45, 7) is 0. The summed E-state index contributed by atoms with van der Waals surface area (Å²) in [5, 5.41) is 3.14. The van der Waals surface area contributed by atoms with Gasteiger partial charge in [0.25, 0.3) is 0 Å². The molecule has 7 nitrogen and oxygen atoms in total. The van der Waals surface area contributed by atoms with Crippen molar-refractivity contribution in [1.29, 1.82) is 0 Å². The van der Waals surface area contributed by atoms with Gasteiger partial charge in [-0.25, -0.2) is 9.37 Å². The normalized spacial score (nSPS) is 13.8. The molecule has 2 aromatic carbocycles. The fourth-order valence-electron chi connectivity index (χ4n) is 3.10. The zero-order valence-electron chi connectivity index (χ0n) is 14.6. The van der Waals surface area contributed by atoms with Crippen LogP contribution < -0.4 is 11.1 Å². The van der Waals surface area contributed by atoms with Crippen LogP contribution in [0.15, 0.2) is 46.9 Å². The highest BCUT2D eigenvalue weighted by atomic mass is 79.9.